The summed E-state index contributed by atoms with van der Waals surface area (Å²) in [6, 6.07) is 12.3. The number of aromatic amines is 1. The fraction of sp³-hybridized carbons (Fsp3) is 0.174. The molecule has 0 saturated heterocycles. The van der Waals surface area contributed by atoms with Crippen LogP contribution in [0.1, 0.15) is 24.8 Å². The van der Waals surface area contributed by atoms with Crippen LogP contribution in [0, 0.1) is 0 Å². The van der Waals surface area contributed by atoms with Crippen molar-refractivity contribution in [1.82, 2.24) is 15.3 Å². The number of hydrogen-bond acceptors (Lipinski definition) is 3. The normalized spacial score (nSPS) is 15.6. The Kier molecular flexibility index (Phi) is 4.99. The van der Waals surface area contributed by atoms with Gasteiger partial charge >= 0.3 is 0 Å². The van der Waals surface area contributed by atoms with Crippen LogP contribution in [0.5, 0.6) is 0 Å². The van der Waals surface area contributed by atoms with Gasteiger partial charge < -0.3 is 16.0 Å². The van der Waals surface area contributed by atoms with Gasteiger partial charge in [-0.25, -0.2) is 9.98 Å². The second-order valence-corrected chi connectivity index (χ2v) is 7.25. The Morgan fingerprint density at radius 3 is 2.72 bits per heavy atom. The molecule has 0 atom stereocenters. The van der Waals surface area contributed by atoms with E-state index in [9.17, 15) is 4.79 Å². The lowest BCUT2D eigenvalue weighted by Gasteiger charge is -2.40. The van der Waals surface area contributed by atoms with Crippen molar-refractivity contribution in [3.63, 3.8) is 0 Å². The van der Waals surface area contributed by atoms with Crippen LogP contribution in [-0.4, -0.2) is 22.2 Å². The number of pyridine rings is 1. The number of nitrogens with zero attached hydrogens (tertiary/aromatic N) is 2. The minimum absolute atomic E-state index is 0.0294. The summed E-state index contributed by atoms with van der Waals surface area (Å²) in [6.07, 6.45) is 10.7. The molecule has 2 aromatic heterocycles. The zero-order valence-electron chi connectivity index (χ0n) is 16.1. The summed E-state index contributed by atoms with van der Waals surface area (Å²) in [4.78, 5) is 24.3. The monoisotopic (exact) mass is 385 g/mol. The summed E-state index contributed by atoms with van der Waals surface area (Å²) in [5.41, 5.74) is 9.22. The van der Waals surface area contributed by atoms with Crippen LogP contribution >= 0.6 is 0 Å². The third-order valence-electron chi connectivity index (χ3n) is 5.53. The molecule has 6 heteroatoms. The molecule has 4 N–H and O–H groups in total. The molecule has 0 radical (unpaired) electrons. The average molecular weight is 385 g/mol. The maximum absolute atomic E-state index is 13.0. The summed E-state index contributed by atoms with van der Waals surface area (Å²) in [5.74, 6) is -0.0294. The molecule has 2 heterocycles. The van der Waals surface area contributed by atoms with Gasteiger partial charge in [-0.3, -0.25) is 4.79 Å². The van der Waals surface area contributed by atoms with E-state index in [1.165, 1.54) is 12.5 Å². The number of hydrogen-bond donors (Lipinski definition) is 3. The minimum atomic E-state index is -0.505. The van der Waals surface area contributed by atoms with Crippen LogP contribution in [0.25, 0.3) is 22.2 Å². The number of rotatable bonds is 6. The fourth-order valence-electron chi connectivity index (χ4n) is 3.75. The molecule has 1 aliphatic rings. The van der Waals surface area contributed by atoms with Gasteiger partial charge in [0, 0.05) is 35.2 Å². The summed E-state index contributed by atoms with van der Waals surface area (Å²) >= 11 is 0. The van der Waals surface area contributed by atoms with E-state index in [-0.39, 0.29) is 5.91 Å². The molecule has 1 saturated carbocycles. The number of H-pyrrole nitrogens is 1. The van der Waals surface area contributed by atoms with E-state index in [1.807, 2.05) is 30.6 Å². The molecule has 3 aromatic rings. The van der Waals surface area contributed by atoms with E-state index in [0.717, 1.165) is 47.0 Å². The third kappa shape index (κ3) is 3.57. The number of amides is 1. The SMILES string of the molecule is C=C(/C=C\N=C/N)NC(=O)C1(c2ccc(-c3cnc4[nH]ccc4c3)cc2)CCC1. The quantitative estimate of drug-likeness (QED) is 0.342. The molecule has 146 valence electrons. The summed E-state index contributed by atoms with van der Waals surface area (Å²) < 4.78 is 0. The number of fused-ring (bicyclic) bond motifs is 1. The predicted octanol–water partition coefficient (Wildman–Crippen LogP) is 3.78. The van der Waals surface area contributed by atoms with Crippen LogP contribution in [0.2, 0.25) is 0 Å². The molecule has 1 aliphatic carbocycles. The van der Waals surface area contributed by atoms with E-state index in [1.54, 1.807) is 6.08 Å². The van der Waals surface area contributed by atoms with Gasteiger partial charge in [0.2, 0.25) is 5.91 Å². The molecule has 29 heavy (non-hydrogen) atoms. The number of allylic oxidation sites excluding steroid dienone is 1. The topological polar surface area (TPSA) is 96.2 Å². The van der Waals surface area contributed by atoms with Gasteiger partial charge in [0.15, 0.2) is 0 Å². The van der Waals surface area contributed by atoms with E-state index < -0.39 is 5.41 Å². The van der Waals surface area contributed by atoms with Crippen molar-refractivity contribution < 1.29 is 4.79 Å². The Balaban J connectivity index is 1.54. The molecule has 0 aliphatic heterocycles. The fourth-order valence-corrected chi connectivity index (χ4v) is 3.75. The van der Waals surface area contributed by atoms with Crippen LogP contribution < -0.4 is 11.1 Å². The number of aromatic nitrogens is 2. The number of carbonyl (C=O) groups is 1. The highest BCUT2D eigenvalue weighted by Gasteiger charge is 2.45. The van der Waals surface area contributed by atoms with Crippen LogP contribution in [-0.2, 0) is 10.2 Å². The van der Waals surface area contributed by atoms with Crippen molar-refractivity contribution in [2.75, 3.05) is 0 Å². The summed E-state index contributed by atoms with van der Waals surface area (Å²) in [6.45, 7) is 3.86. The molecule has 1 amide bonds. The van der Waals surface area contributed by atoms with Gasteiger partial charge in [-0.1, -0.05) is 37.3 Å². The van der Waals surface area contributed by atoms with Gasteiger partial charge in [0.25, 0.3) is 0 Å². The lowest BCUT2D eigenvalue weighted by atomic mass is 9.63. The zero-order valence-corrected chi connectivity index (χ0v) is 16.1. The molecule has 1 fully saturated rings. The average Bonchev–Trinajstić information content (AvgIpc) is 3.15. The first-order valence-electron chi connectivity index (χ1n) is 9.57. The maximum Gasteiger partial charge on any atom is 0.235 e. The van der Waals surface area contributed by atoms with Crippen molar-refractivity contribution in [3.8, 4) is 11.1 Å². The molecule has 6 nitrogen and oxygen atoms in total. The smallest absolute Gasteiger partial charge is 0.235 e. The van der Waals surface area contributed by atoms with E-state index in [0.29, 0.717) is 5.70 Å². The number of aliphatic imine (C=N–C) groups is 1. The van der Waals surface area contributed by atoms with Crippen molar-refractivity contribution in [1.29, 1.82) is 0 Å². The highest BCUT2D eigenvalue weighted by atomic mass is 16.2. The van der Waals surface area contributed by atoms with Crippen molar-refractivity contribution in [2.45, 2.75) is 24.7 Å². The molecule has 1 aromatic carbocycles. The first kappa shape index (κ1) is 18.7. The minimum Gasteiger partial charge on any atom is -0.390 e. The number of nitrogens with two attached hydrogens (primary N) is 1. The standard InChI is InChI=1S/C23H23N5O/c1-16(7-11-25-15-24)28-22(29)23(9-2-10-23)20-5-3-17(4-6-20)19-13-18-8-12-26-21(18)27-14-19/h3-8,11-15H,1-2,9-10H2,(H2,24,25)(H,26,27)(H,28,29)/b11-7-. The Labute approximate surface area is 169 Å². The number of carbonyl (C=O) groups excluding carboxylic acids is 1. The molecule has 0 unspecified atom stereocenters. The molecule has 0 bridgehead atoms. The Morgan fingerprint density at radius 2 is 2.03 bits per heavy atom. The third-order valence-corrected chi connectivity index (χ3v) is 5.53. The maximum atomic E-state index is 13.0. The summed E-state index contributed by atoms with van der Waals surface area (Å²) in [7, 11) is 0. The Morgan fingerprint density at radius 1 is 1.24 bits per heavy atom. The highest BCUT2D eigenvalue weighted by molar-refractivity contribution is 5.91. The van der Waals surface area contributed by atoms with Crippen molar-refractivity contribution in [2.24, 2.45) is 10.7 Å². The first-order chi connectivity index (χ1) is 14.1. The van der Waals surface area contributed by atoms with Gasteiger partial charge in [-0.2, -0.15) is 0 Å². The zero-order chi connectivity index (χ0) is 20.3. The molecular weight excluding hydrogens is 362 g/mol. The highest BCUT2D eigenvalue weighted by Crippen LogP contribution is 2.44. The van der Waals surface area contributed by atoms with Crippen molar-refractivity contribution >= 4 is 23.3 Å². The van der Waals surface area contributed by atoms with Crippen LogP contribution in [0.15, 0.2) is 78.3 Å². The van der Waals surface area contributed by atoms with Gasteiger partial charge in [0.1, 0.15) is 5.65 Å². The van der Waals surface area contributed by atoms with E-state index in [4.69, 9.17) is 5.73 Å². The van der Waals surface area contributed by atoms with E-state index >= 15 is 0 Å². The molecule has 4 rings (SSSR count). The summed E-state index contributed by atoms with van der Waals surface area (Å²) in [5, 5.41) is 3.97. The van der Waals surface area contributed by atoms with E-state index in [2.05, 4.69) is 45.1 Å². The lowest BCUT2D eigenvalue weighted by molar-refractivity contribution is -0.129. The number of nitrogens with one attached hydrogen (secondary N) is 2. The van der Waals surface area contributed by atoms with Gasteiger partial charge in [0.05, 0.1) is 11.8 Å². The first-order valence-corrected chi connectivity index (χ1v) is 9.57. The second kappa shape index (κ2) is 7.75. The predicted molar refractivity (Wildman–Crippen MR) is 116 cm³/mol. The largest absolute Gasteiger partial charge is 0.390 e. The number of benzene rings is 1. The van der Waals surface area contributed by atoms with Gasteiger partial charge in [-0.05, 0) is 42.2 Å². The van der Waals surface area contributed by atoms with Crippen molar-refractivity contribution in [3.05, 3.63) is 78.9 Å². The molecular formula is C23H23N5O. The lowest BCUT2D eigenvalue weighted by Crippen LogP contribution is -2.48. The van der Waals surface area contributed by atoms with Gasteiger partial charge in [-0.15, -0.1) is 0 Å². The Bertz CT molecular complexity index is 1100. The Hall–Kier alpha value is -3.67. The molecule has 0 spiro atoms. The second-order valence-electron chi connectivity index (χ2n) is 7.25. The van der Waals surface area contributed by atoms with Crippen LogP contribution in [0.4, 0.5) is 0 Å². The van der Waals surface area contributed by atoms with Crippen LogP contribution in [0.3, 0.4) is 0 Å².